The summed E-state index contributed by atoms with van der Waals surface area (Å²) in [6, 6.07) is 0. The van der Waals surface area contributed by atoms with Gasteiger partial charge in [0.05, 0.1) is 11.2 Å². The normalized spacial score (nSPS) is 37.9. The molecular formula is C12H20O2. The van der Waals surface area contributed by atoms with E-state index in [-0.39, 0.29) is 0 Å². The van der Waals surface area contributed by atoms with Crippen molar-refractivity contribution in [2.45, 2.75) is 49.7 Å². The Balaban J connectivity index is 2.85. The topological polar surface area (TPSA) is 40.5 Å². The Morgan fingerprint density at radius 2 is 1.29 bits per heavy atom. The Morgan fingerprint density at radius 3 is 1.57 bits per heavy atom. The van der Waals surface area contributed by atoms with Crippen LogP contribution in [0.15, 0.2) is 25.3 Å². The molecule has 2 nitrogen and oxygen atoms in total. The smallest absolute Gasteiger partial charge is 0.0970 e. The van der Waals surface area contributed by atoms with Crippen LogP contribution in [0.1, 0.15) is 38.5 Å². The van der Waals surface area contributed by atoms with Gasteiger partial charge in [0.25, 0.3) is 0 Å². The molecule has 0 saturated heterocycles. The molecule has 0 aliphatic heterocycles. The van der Waals surface area contributed by atoms with Gasteiger partial charge in [-0.05, 0) is 25.7 Å². The SMILES string of the molecule is C=CCC1(O)CCCC[C@]1(O)CC=C. The number of hydrogen-bond donors (Lipinski definition) is 2. The molecule has 0 heterocycles. The third-order valence-electron chi connectivity index (χ3n) is 3.26. The monoisotopic (exact) mass is 196 g/mol. The average molecular weight is 196 g/mol. The van der Waals surface area contributed by atoms with Crippen LogP contribution in [0, 0.1) is 0 Å². The molecule has 1 aliphatic carbocycles. The second kappa shape index (κ2) is 4.28. The first-order chi connectivity index (χ1) is 6.58. The van der Waals surface area contributed by atoms with Crippen LogP contribution in [0.2, 0.25) is 0 Å². The first-order valence-corrected chi connectivity index (χ1v) is 5.24. The predicted octanol–water partition coefficient (Wildman–Crippen LogP) is 2.17. The highest BCUT2D eigenvalue weighted by Gasteiger charge is 2.48. The Morgan fingerprint density at radius 1 is 0.929 bits per heavy atom. The Labute approximate surface area is 86.0 Å². The summed E-state index contributed by atoms with van der Waals surface area (Å²) in [5.41, 5.74) is -2.00. The number of aliphatic hydroxyl groups is 2. The molecule has 0 radical (unpaired) electrons. The van der Waals surface area contributed by atoms with Crippen molar-refractivity contribution in [3.8, 4) is 0 Å². The fourth-order valence-electron chi connectivity index (χ4n) is 2.36. The first-order valence-electron chi connectivity index (χ1n) is 5.24. The van der Waals surface area contributed by atoms with Crippen molar-refractivity contribution in [3.63, 3.8) is 0 Å². The van der Waals surface area contributed by atoms with Crippen LogP contribution in [0.4, 0.5) is 0 Å². The molecule has 1 rings (SSSR count). The van der Waals surface area contributed by atoms with Gasteiger partial charge in [0.2, 0.25) is 0 Å². The van der Waals surface area contributed by atoms with E-state index in [1.165, 1.54) is 0 Å². The quantitative estimate of drug-likeness (QED) is 0.676. The van der Waals surface area contributed by atoms with Crippen LogP contribution < -0.4 is 0 Å². The van der Waals surface area contributed by atoms with Gasteiger partial charge in [-0.2, -0.15) is 0 Å². The van der Waals surface area contributed by atoms with E-state index in [0.717, 1.165) is 12.8 Å². The van der Waals surface area contributed by atoms with Gasteiger partial charge in [0, 0.05) is 0 Å². The van der Waals surface area contributed by atoms with Gasteiger partial charge in [-0.3, -0.25) is 0 Å². The summed E-state index contributed by atoms with van der Waals surface area (Å²) in [5, 5.41) is 20.7. The van der Waals surface area contributed by atoms with Crippen LogP contribution in [0.5, 0.6) is 0 Å². The van der Waals surface area contributed by atoms with Crippen LogP contribution >= 0.6 is 0 Å². The fourth-order valence-corrected chi connectivity index (χ4v) is 2.36. The summed E-state index contributed by atoms with van der Waals surface area (Å²) in [6.45, 7) is 7.26. The molecular weight excluding hydrogens is 176 g/mol. The zero-order valence-corrected chi connectivity index (χ0v) is 8.71. The maximum atomic E-state index is 10.4. The van der Waals surface area contributed by atoms with Crippen molar-refractivity contribution in [2.24, 2.45) is 0 Å². The van der Waals surface area contributed by atoms with Crippen LogP contribution in [0.25, 0.3) is 0 Å². The molecule has 1 fully saturated rings. The highest BCUT2D eigenvalue weighted by molar-refractivity contribution is 5.07. The van der Waals surface area contributed by atoms with E-state index in [9.17, 15) is 10.2 Å². The molecule has 0 spiro atoms. The third-order valence-corrected chi connectivity index (χ3v) is 3.26. The van der Waals surface area contributed by atoms with E-state index in [1.807, 2.05) is 0 Å². The molecule has 2 atom stereocenters. The zero-order valence-electron chi connectivity index (χ0n) is 8.71. The second-order valence-corrected chi connectivity index (χ2v) is 4.26. The van der Waals surface area contributed by atoms with E-state index in [0.29, 0.717) is 25.7 Å². The van der Waals surface area contributed by atoms with E-state index >= 15 is 0 Å². The molecule has 0 bridgehead atoms. The molecule has 80 valence electrons. The molecule has 1 unspecified atom stereocenters. The molecule has 0 amide bonds. The van der Waals surface area contributed by atoms with Gasteiger partial charge >= 0.3 is 0 Å². The van der Waals surface area contributed by atoms with E-state index in [2.05, 4.69) is 13.2 Å². The maximum Gasteiger partial charge on any atom is 0.0970 e. The van der Waals surface area contributed by atoms with Gasteiger partial charge in [-0.15, -0.1) is 13.2 Å². The first kappa shape index (κ1) is 11.5. The minimum atomic E-state index is -0.999. The average Bonchev–Trinajstić information content (AvgIpc) is 2.12. The molecule has 1 aliphatic rings. The van der Waals surface area contributed by atoms with Crippen molar-refractivity contribution in [1.29, 1.82) is 0 Å². The second-order valence-electron chi connectivity index (χ2n) is 4.26. The highest BCUT2D eigenvalue weighted by Crippen LogP contribution is 2.42. The lowest BCUT2D eigenvalue weighted by Gasteiger charge is -2.46. The summed E-state index contributed by atoms with van der Waals surface area (Å²) < 4.78 is 0. The molecule has 2 N–H and O–H groups in total. The predicted molar refractivity (Wildman–Crippen MR) is 58.0 cm³/mol. The van der Waals surface area contributed by atoms with Crippen molar-refractivity contribution >= 4 is 0 Å². The lowest BCUT2D eigenvalue weighted by Crippen LogP contribution is -2.55. The molecule has 0 aromatic rings. The Bertz CT molecular complexity index is 200. The van der Waals surface area contributed by atoms with Crippen LogP contribution in [-0.4, -0.2) is 21.4 Å². The van der Waals surface area contributed by atoms with Crippen LogP contribution in [0.3, 0.4) is 0 Å². The van der Waals surface area contributed by atoms with Gasteiger partial charge in [-0.25, -0.2) is 0 Å². The minimum absolute atomic E-state index is 0.456. The number of rotatable bonds is 4. The standard InChI is InChI=1S/C12H20O2/c1-3-7-11(13)9-5-6-10-12(11,14)8-4-2/h3-4,13-14H,1-2,5-10H2/t11-,12?/m1/s1. The third kappa shape index (κ3) is 1.91. The summed E-state index contributed by atoms with van der Waals surface area (Å²) in [5.74, 6) is 0. The van der Waals surface area contributed by atoms with Crippen molar-refractivity contribution in [2.75, 3.05) is 0 Å². The fraction of sp³-hybridized carbons (Fsp3) is 0.667. The van der Waals surface area contributed by atoms with Crippen molar-refractivity contribution in [3.05, 3.63) is 25.3 Å². The zero-order chi connectivity index (χ0) is 10.7. The summed E-state index contributed by atoms with van der Waals surface area (Å²) in [4.78, 5) is 0. The lowest BCUT2D eigenvalue weighted by atomic mass is 9.68. The van der Waals surface area contributed by atoms with Crippen LogP contribution in [-0.2, 0) is 0 Å². The Kier molecular flexibility index (Phi) is 3.51. The van der Waals surface area contributed by atoms with Crippen molar-refractivity contribution in [1.82, 2.24) is 0 Å². The summed E-state index contributed by atoms with van der Waals surface area (Å²) >= 11 is 0. The van der Waals surface area contributed by atoms with Crippen molar-refractivity contribution < 1.29 is 10.2 Å². The minimum Gasteiger partial charge on any atom is -0.387 e. The van der Waals surface area contributed by atoms with E-state index in [4.69, 9.17) is 0 Å². The van der Waals surface area contributed by atoms with Gasteiger partial charge in [0.1, 0.15) is 0 Å². The molecule has 0 aromatic carbocycles. The molecule has 2 heteroatoms. The summed E-state index contributed by atoms with van der Waals surface area (Å²) in [6.07, 6.45) is 7.54. The maximum absolute atomic E-state index is 10.4. The highest BCUT2D eigenvalue weighted by atomic mass is 16.4. The van der Waals surface area contributed by atoms with Gasteiger partial charge in [0.15, 0.2) is 0 Å². The van der Waals surface area contributed by atoms with E-state index < -0.39 is 11.2 Å². The van der Waals surface area contributed by atoms with E-state index in [1.54, 1.807) is 12.2 Å². The lowest BCUT2D eigenvalue weighted by molar-refractivity contribution is -0.171. The Hall–Kier alpha value is -0.600. The largest absolute Gasteiger partial charge is 0.387 e. The van der Waals surface area contributed by atoms with Gasteiger partial charge in [-0.1, -0.05) is 25.0 Å². The number of hydrogen-bond acceptors (Lipinski definition) is 2. The summed E-state index contributed by atoms with van der Waals surface area (Å²) in [7, 11) is 0. The van der Waals surface area contributed by atoms with Gasteiger partial charge < -0.3 is 10.2 Å². The molecule has 0 aromatic heterocycles. The molecule has 14 heavy (non-hydrogen) atoms. The molecule has 1 saturated carbocycles.